The van der Waals surface area contributed by atoms with Crippen molar-refractivity contribution in [3.05, 3.63) is 158 Å². The fourth-order valence-corrected chi connectivity index (χ4v) is 9.83. The van der Waals surface area contributed by atoms with E-state index in [0.29, 0.717) is 17.5 Å². The lowest BCUT2D eigenvalue weighted by Crippen LogP contribution is -1.99. The molecule has 4 nitrogen and oxygen atoms in total. The van der Waals surface area contributed by atoms with Crippen LogP contribution in [-0.4, -0.2) is 19.5 Å². The number of benzene rings is 7. The number of para-hydroxylation sites is 1. The molecule has 7 aromatic carbocycles. The van der Waals surface area contributed by atoms with Crippen molar-refractivity contribution < 1.29 is 0 Å². The minimum absolute atomic E-state index is 0.666. The SMILES string of the molecule is c1ccc(-c2nc(-c3ccccc3)nc(-c3ccc4c(c3)sc3cc(-n5c6ccccc6c6c7c(ccc65)sc5ccccc57)ccc34)n2)cc1. The Balaban J connectivity index is 1.08. The van der Waals surface area contributed by atoms with Crippen LogP contribution in [0.25, 0.3) is 102 Å². The van der Waals surface area contributed by atoms with Crippen LogP contribution in [0.4, 0.5) is 0 Å². The van der Waals surface area contributed by atoms with Gasteiger partial charge in [0.25, 0.3) is 0 Å². The molecule has 238 valence electrons. The molecule has 11 aromatic rings. The molecule has 0 amide bonds. The minimum atomic E-state index is 0.666. The molecule has 11 rings (SSSR count). The lowest BCUT2D eigenvalue weighted by molar-refractivity contribution is 1.07. The predicted octanol–water partition coefficient (Wildman–Crippen LogP) is 12.7. The van der Waals surface area contributed by atoms with Gasteiger partial charge < -0.3 is 4.57 Å². The fourth-order valence-electron chi connectivity index (χ4n) is 7.53. The van der Waals surface area contributed by atoms with E-state index >= 15 is 0 Å². The monoisotopic (exact) mass is 686 g/mol. The second-order valence-corrected chi connectivity index (χ2v) is 15.0. The molecule has 6 heteroatoms. The molecule has 0 aliphatic carbocycles. The van der Waals surface area contributed by atoms with E-state index in [0.717, 1.165) is 22.4 Å². The summed E-state index contributed by atoms with van der Waals surface area (Å²) in [5, 5.41) is 7.77. The molecule has 51 heavy (non-hydrogen) atoms. The Morgan fingerprint density at radius 3 is 1.69 bits per heavy atom. The normalized spacial score (nSPS) is 11.9. The van der Waals surface area contributed by atoms with Crippen LogP contribution >= 0.6 is 22.7 Å². The number of nitrogens with zero attached hydrogens (tertiary/aromatic N) is 4. The molecule has 0 unspecified atom stereocenters. The van der Waals surface area contributed by atoms with Crippen LogP contribution < -0.4 is 0 Å². The maximum atomic E-state index is 4.98. The van der Waals surface area contributed by atoms with Crippen molar-refractivity contribution in [3.63, 3.8) is 0 Å². The quantitative estimate of drug-likeness (QED) is 0.185. The molecule has 0 saturated heterocycles. The first-order chi connectivity index (χ1) is 25.3. The summed E-state index contributed by atoms with van der Waals surface area (Å²) in [5.74, 6) is 2.00. The van der Waals surface area contributed by atoms with Gasteiger partial charge in [0.2, 0.25) is 0 Å². The molecular formula is C45H26N4S2. The van der Waals surface area contributed by atoms with Crippen LogP contribution in [0, 0.1) is 0 Å². The van der Waals surface area contributed by atoms with Crippen LogP contribution in [-0.2, 0) is 0 Å². The zero-order chi connectivity index (χ0) is 33.5. The van der Waals surface area contributed by atoms with Gasteiger partial charge in [0.15, 0.2) is 17.5 Å². The third-order valence-corrected chi connectivity index (χ3v) is 12.1. The number of hydrogen-bond acceptors (Lipinski definition) is 5. The highest BCUT2D eigenvalue weighted by Gasteiger charge is 2.19. The van der Waals surface area contributed by atoms with Crippen molar-refractivity contribution in [2.45, 2.75) is 0 Å². The van der Waals surface area contributed by atoms with Crippen molar-refractivity contribution in [2.75, 3.05) is 0 Å². The average Bonchev–Trinajstić information content (AvgIpc) is 3.87. The van der Waals surface area contributed by atoms with E-state index in [1.54, 1.807) is 0 Å². The van der Waals surface area contributed by atoms with Gasteiger partial charge in [-0.15, -0.1) is 22.7 Å². The van der Waals surface area contributed by atoms with Crippen molar-refractivity contribution >= 4 is 84.8 Å². The van der Waals surface area contributed by atoms with E-state index < -0.39 is 0 Å². The number of fused-ring (bicyclic) bond motifs is 10. The van der Waals surface area contributed by atoms with E-state index in [9.17, 15) is 0 Å². The molecule has 4 aromatic heterocycles. The molecule has 0 aliphatic heterocycles. The van der Waals surface area contributed by atoms with Crippen LogP contribution in [0.5, 0.6) is 0 Å². The van der Waals surface area contributed by atoms with Gasteiger partial charge in [0, 0.05) is 73.5 Å². The highest BCUT2D eigenvalue weighted by molar-refractivity contribution is 7.26. The van der Waals surface area contributed by atoms with E-state index in [-0.39, 0.29) is 0 Å². The van der Waals surface area contributed by atoms with E-state index in [1.165, 1.54) is 62.2 Å². The summed E-state index contributed by atoms with van der Waals surface area (Å²) < 4.78 is 7.54. The second-order valence-electron chi connectivity index (χ2n) is 12.8. The summed E-state index contributed by atoms with van der Waals surface area (Å²) in [4.78, 5) is 14.8. The molecule has 0 bridgehead atoms. The van der Waals surface area contributed by atoms with Crippen LogP contribution in [0.2, 0.25) is 0 Å². The average molecular weight is 687 g/mol. The zero-order valence-electron chi connectivity index (χ0n) is 27.1. The summed E-state index contributed by atoms with van der Waals surface area (Å²) in [5.41, 5.74) is 6.51. The van der Waals surface area contributed by atoms with E-state index in [2.05, 4.69) is 102 Å². The van der Waals surface area contributed by atoms with Gasteiger partial charge >= 0.3 is 0 Å². The molecule has 0 N–H and O–H groups in total. The maximum absolute atomic E-state index is 4.98. The van der Waals surface area contributed by atoms with E-state index in [4.69, 9.17) is 15.0 Å². The van der Waals surface area contributed by atoms with Gasteiger partial charge in [-0.2, -0.15) is 0 Å². The number of aromatic nitrogens is 4. The molecule has 0 spiro atoms. The molecule has 0 radical (unpaired) electrons. The smallest absolute Gasteiger partial charge is 0.164 e. The van der Waals surface area contributed by atoms with Crippen LogP contribution in [0.1, 0.15) is 0 Å². The molecular weight excluding hydrogens is 661 g/mol. The van der Waals surface area contributed by atoms with Gasteiger partial charge in [-0.25, -0.2) is 15.0 Å². The maximum Gasteiger partial charge on any atom is 0.164 e. The standard InChI is InChI=1S/C45H26N4S2/c1-3-11-27(12-4-1)43-46-44(28-13-5-2-6-14-28)48-45(47-43)29-19-21-31-32-22-20-30(26-40(32)51-39(31)25-29)49-35-17-9-7-15-33(35)41-36(49)23-24-38-42(41)34-16-8-10-18-37(34)50-38/h1-26H. The third-order valence-electron chi connectivity index (χ3n) is 9.85. The lowest BCUT2D eigenvalue weighted by atomic mass is 10.1. The van der Waals surface area contributed by atoms with Crippen LogP contribution in [0.3, 0.4) is 0 Å². The van der Waals surface area contributed by atoms with Crippen molar-refractivity contribution in [2.24, 2.45) is 0 Å². The Kier molecular flexibility index (Phi) is 6.26. The highest BCUT2D eigenvalue weighted by atomic mass is 32.1. The Morgan fingerprint density at radius 2 is 0.941 bits per heavy atom. The van der Waals surface area contributed by atoms with Crippen molar-refractivity contribution in [1.29, 1.82) is 0 Å². The first-order valence-electron chi connectivity index (χ1n) is 16.9. The third kappa shape index (κ3) is 4.47. The lowest BCUT2D eigenvalue weighted by Gasteiger charge is -2.08. The summed E-state index contributed by atoms with van der Waals surface area (Å²) in [6, 6.07) is 56.0. The topological polar surface area (TPSA) is 43.6 Å². The van der Waals surface area contributed by atoms with Crippen molar-refractivity contribution in [1.82, 2.24) is 19.5 Å². The van der Waals surface area contributed by atoms with Gasteiger partial charge in [-0.1, -0.05) is 115 Å². The Bertz CT molecular complexity index is 3080. The Morgan fingerprint density at radius 1 is 0.353 bits per heavy atom. The molecule has 0 fully saturated rings. The molecule has 4 heterocycles. The predicted molar refractivity (Wildman–Crippen MR) is 216 cm³/mol. The van der Waals surface area contributed by atoms with Crippen molar-refractivity contribution in [3.8, 4) is 39.9 Å². The van der Waals surface area contributed by atoms with Crippen LogP contribution in [0.15, 0.2) is 158 Å². The fraction of sp³-hybridized carbons (Fsp3) is 0. The van der Waals surface area contributed by atoms with E-state index in [1.807, 2.05) is 83.3 Å². The summed E-state index contributed by atoms with van der Waals surface area (Å²) >= 11 is 3.69. The minimum Gasteiger partial charge on any atom is -0.309 e. The molecule has 0 saturated carbocycles. The zero-order valence-corrected chi connectivity index (χ0v) is 28.7. The van der Waals surface area contributed by atoms with Gasteiger partial charge in [-0.3, -0.25) is 0 Å². The summed E-state index contributed by atoms with van der Waals surface area (Å²) in [6.45, 7) is 0. The van der Waals surface area contributed by atoms with Gasteiger partial charge in [-0.05, 0) is 42.5 Å². The first kappa shape index (κ1) is 28.6. The number of rotatable bonds is 4. The molecule has 0 aliphatic rings. The first-order valence-corrected chi connectivity index (χ1v) is 18.6. The number of thiophene rings is 2. The largest absolute Gasteiger partial charge is 0.309 e. The summed E-state index contributed by atoms with van der Waals surface area (Å²) in [7, 11) is 0. The second kappa shape index (κ2) is 11.2. The van der Waals surface area contributed by atoms with Gasteiger partial charge in [0.1, 0.15) is 0 Å². The Labute approximate surface area is 300 Å². The highest BCUT2D eigenvalue weighted by Crippen LogP contribution is 2.44. The Hall–Kier alpha value is -6.21. The summed E-state index contributed by atoms with van der Waals surface area (Å²) in [6.07, 6.45) is 0. The number of hydrogen-bond donors (Lipinski definition) is 0. The molecule has 0 atom stereocenters. The van der Waals surface area contributed by atoms with Gasteiger partial charge in [0.05, 0.1) is 11.0 Å².